The summed E-state index contributed by atoms with van der Waals surface area (Å²) in [6.07, 6.45) is 4.02. The molecule has 0 aliphatic heterocycles. The highest BCUT2D eigenvalue weighted by Crippen LogP contribution is 2.41. The number of hydrogen-bond donors (Lipinski definition) is 1. The Morgan fingerprint density at radius 3 is 2.41 bits per heavy atom. The van der Waals surface area contributed by atoms with Crippen molar-refractivity contribution in [1.29, 1.82) is 0 Å². The maximum Gasteiger partial charge on any atom is 0.293 e. The Kier molecular flexibility index (Phi) is 5.26. The van der Waals surface area contributed by atoms with Crippen LogP contribution in [0.15, 0.2) is 23.1 Å². The second-order valence-electron chi connectivity index (χ2n) is 5.01. The minimum atomic E-state index is -4.16. The maximum atomic E-state index is 12.1. The largest absolute Gasteiger partial charge is 0.377 e. The molecule has 1 aliphatic rings. The van der Waals surface area contributed by atoms with Crippen LogP contribution in [0.4, 0.5) is 11.4 Å². The third kappa shape index (κ3) is 3.67. The average Bonchev–Trinajstić information content (AvgIpc) is 2.90. The summed E-state index contributed by atoms with van der Waals surface area (Å²) in [6, 6.07) is 3.75. The Bertz CT molecular complexity index is 685. The number of nitro groups is 1. The molecule has 22 heavy (non-hydrogen) atoms. The summed E-state index contributed by atoms with van der Waals surface area (Å²) >= 11 is 13.8. The first-order valence-corrected chi connectivity index (χ1v) is 9.52. The monoisotopic (exact) mass is 430 g/mol. The summed E-state index contributed by atoms with van der Waals surface area (Å²) in [5, 5.41) is 14.3. The van der Waals surface area contributed by atoms with Gasteiger partial charge < -0.3 is 5.32 Å². The molecule has 1 saturated carbocycles. The van der Waals surface area contributed by atoms with E-state index in [1.54, 1.807) is 0 Å². The van der Waals surface area contributed by atoms with E-state index in [1.165, 1.54) is 12.1 Å². The molecule has 122 valence electrons. The van der Waals surface area contributed by atoms with E-state index in [0.717, 1.165) is 31.7 Å². The quantitative estimate of drug-likeness (QED) is 0.428. The lowest BCUT2D eigenvalue weighted by Crippen LogP contribution is -2.20. The summed E-state index contributed by atoms with van der Waals surface area (Å²) in [5.41, 5.74) is -0.0294. The Morgan fingerprint density at radius 1 is 1.32 bits per heavy atom. The molecule has 1 aromatic carbocycles. The van der Waals surface area contributed by atoms with Crippen LogP contribution in [-0.4, -0.2) is 22.0 Å². The molecular weight excluding hydrogens is 419 g/mol. The SMILES string of the molecule is O=[N+]([O-])c1cc(S(=O)(=O)C(Cl)(Cl)Br)ccc1NC1CCCC1. The second-order valence-corrected chi connectivity index (χ2v) is 11.5. The molecule has 0 heterocycles. The lowest BCUT2D eigenvalue weighted by Gasteiger charge is -2.16. The fourth-order valence-corrected chi connectivity index (χ4v) is 4.25. The number of hydrogen-bond acceptors (Lipinski definition) is 5. The Hall–Kier alpha value is -0.570. The van der Waals surface area contributed by atoms with Crippen LogP contribution in [0.2, 0.25) is 0 Å². The van der Waals surface area contributed by atoms with Crippen LogP contribution in [0.25, 0.3) is 0 Å². The molecule has 1 N–H and O–H groups in total. The average molecular weight is 432 g/mol. The summed E-state index contributed by atoms with van der Waals surface area (Å²) in [7, 11) is -4.16. The van der Waals surface area contributed by atoms with Crippen LogP contribution in [0.3, 0.4) is 0 Å². The molecule has 0 spiro atoms. The molecular formula is C12H13BrCl2N2O4S. The first-order chi connectivity index (χ1) is 10.1. The predicted molar refractivity (Wildman–Crippen MR) is 89.5 cm³/mol. The van der Waals surface area contributed by atoms with Crippen molar-refractivity contribution >= 4 is 60.3 Å². The van der Waals surface area contributed by atoms with E-state index in [0.29, 0.717) is 5.69 Å². The molecule has 0 radical (unpaired) electrons. The third-order valence-electron chi connectivity index (χ3n) is 3.50. The van der Waals surface area contributed by atoms with Crippen molar-refractivity contribution in [2.75, 3.05) is 5.32 Å². The lowest BCUT2D eigenvalue weighted by molar-refractivity contribution is -0.384. The van der Waals surface area contributed by atoms with Crippen LogP contribution in [0.1, 0.15) is 25.7 Å². The summed E-state index contributed by atoms with van der Waals surface area (Å²) in [4.78, 5) is 10.3. The molecule has 0 amide bonds. The van der Waals surface area contributed by atoms with Gasteiger partial charge >= 0.3 is 0 Å². The van der Waals surface area contributed by atoms with Crippen LogP contribution in [0, 0.1) is 10.1 Å². The highest BCUT2D eigenvalue weighted by Gasteiger charge is 2.39. The number of nitro benzene ring substituents is 1. The van der Waals surface area contributed by atoms with Crippen LogP contribution < -0.4 is 5.32 Å². The highest BCUT2D eigenvalue weighted by atomic mass is 79.9. The number of rotatable bonds is 5. The van der Waals surface area contributed by atoms with Gasteiger partial charge in [0.25, 0.3) is 8.26 Å². The van der Waals surface area contributed by atoms with Gasteiger partial charge in [-0.1, -0.05) is 36.0 Å². The summed E-state index contributed by atoms with van der Waals surface area (Å²) < 4.78 is 22.0. The van der Waals surface area contributed by atoms with E-state index in [1.807, 2.05) is 0 Å². The van der Waals surface area contributed by atoms with Crippen molar-refractivity contribution < 1.29 is 13.3 Å². The van der Waals surface area contributed by atoms with Crippen LogP contribution in [0.5, 0.6) is 0 Å². The summed E-state index contributed by atoms with van der Waals surface area (Å²) in [5.74, 6) is 0. The van der Waals surface area contributed by atoms with Gasteiger partial charge in [-0.05, 0) is 40.9 Å². The maximum absolute atomic E-state index is 12.1. The lowest BCUT2D eigenvalue weighted by atomic mass is 10.2. The molecule has 2 rings (SSSR count). The predicted octanol–water partition coefficient (Wildman–Crippen LogP) is 4.21. The van der Waals surface area contributed by atoms with E-state index in [9.17, 15) is 18.5 Å². The topological polar surface area (TPSA) is 89.3 Å². The minimum absolute atomic E-state index is 0.164. The smallest absolute Gasteiger partial charge is 0.293 e. The molecule has 1 fully saturated rings. The van der Waals surface area contributed by atoms with E-state index in [-0.39, 0.29) is 16.6 Å². The van der Waals surface area contributed by atoms with Gasteiger partial charge in [0.1, 0.15) is 5.69 Å². The van der Waals surface area contributed by atoms with Crippen molar-refractivity contribution in [2.45, 2.75) is 39.2 Å². The number of nitrogens with one attached hydrogen (secondary N) is 1. The normalized spacial score (nSPS) is 16.7. The van der Waals surface area contributed by atoms with Gasteiger partial charge in [0.2, 0.25) is 9.84 Å². The summed E-state index contributed by atoms with van der Waals surface area (Å²) in [6.45, 7) is 0. The molecule has 1 aliphatic carbocycles. The van der Waals surface area contributed by atoms with Gasteiger partial charge in [-0.2, -0.15) is 0 Å². The highest BCUT2D eigenvalue weighted by molar-refractivity contribution is 9.12. The molecule has 0 bridgehead atoms. The van der Waals surface area contributed by atoms with Gasteiger partial charge in [0.05, 0.1) is 9.82 Å². The van der Waals surface area contributed by atoms with Gasteiger partial charge in [-0.15, -0.1) is 0 Å². The number of halogens is 3. The first-order valence-electron chi connectivity index (χ1n) is 6.49. The van der Waals surface area contributed by atoms with Gasteiger partial charge in [0.15, 0.2) is 0 Å². The Morgan fingerprint density at radius 2 is 1.91 bits per heavy atom. The van der Waals surface area contributed by atoms with E-state index >= 15 is 0 Å². The van der Waals surface area contributed by atoms with Crippen molar-refractivity contribution in [1.82, 2.24) is 0 Å². The van der Waals surface area contributed by atoms with Gasteiger partial charge in [-0.25, -0.2) is 8.42 Å². The van der Waals surface area contributed by atoms with E-state index in [4.69, 9.17) is 23.2 Å². The molecule has 0 atom stereocenters. The van der Waals surface area contributed by atoms with Crippen molar-refractivity contribution in [3.8, 4) is 0 Å². The number of sulfone groups is 1. The molecule has 6 nitrogen and oxygen atoms in total. The fraction of sp³-hybridized carbons (Fsp3) is 0.500. The zero-order valence-corrected chi connectivity index (χ0v) is 15.2. The van der Waals surface area contributed by atoms with Gasteiger partial charge in [-0.3, -0.25) is 10.1 Å². The number of alkyl halides is 3. The van der Waals surface area contributed by atoms with Crippen molar-refractivity contribution in [3.05, 3.63) is 28.3 Å². The number of benzene rings is 1. The van der Waals surface area contributed by atoms with Crippen molar-refractivity contribution in [3.63, 3.8) is 0 Å². The third-order valence-corrected chi connectivity index (χ3v) is 7.48. The van der Waals surface area contributed by atoms with Crippen LogP contribution in [-0.2, 0) is 9.84 Å². The molecule has 10 heteroatoms. The number of nitrogens with zero attached hydrogens (tertiary/aromatic N) is 1. The molecule has 0 aromatic heterocycles. The molecule has 1 aromatic rings. The van der Waals surface area contributed by atoms with Crippen molar-refractivity contribution in [2.24, 2.45) is 0 Å². The zero-order valence-electron chi connectivity index (χ0n) is 11.3. The molecule has 0 saturated heterocycles. The first kappa shape index (κ1) is 17.8. The minimum Gasteiger partial charge on any atom is -0.377 e. The number of anilines is 1. The van der Waals surface area contributed by atoms with E-state index in [2.05, 4.69) is 21.2 Å². The van der Waals surface area contributed by atoms with Crippen LogP contribution >= 0.6 is 39.1 Å². The van der Waals surface area contributed by atoms with Gasteiger partial charge in [0, 0.05) is 12.1 Å². The Labute approximate surface area is 146 Å². The Balaban J connectivity index is 2.41. The molecule has 0 unspecified atom stereocenters. The standard InChI is InChI=1S/C12H13BrCl2N2O4S/c13-12(14,15)22(20,21)9-5-6-10(11(7-9)17(18)19)16-8-3-1-2-4-8/h5-8,16H,1-4H2. The second kappa shape index (κ2) is 6.51. The van der Waals surface area contributed by atoms with E-state index < -0.39 is 17.3 Å². The fourth-order valence-electron chi connectivity index (χ4n) is 2.38. The zero-order chi connectivity index (χ0) is 16.5.